The van der Waals surface area contributed by atoms with Gasteiger partial charge in [0.15, 0.2) is 0 Å². The van der Waals surface area contributed by atoms with Gasteiger partial charge in [0.25, 0.3) is 0 Å². The van der Waals surface area contributed by atoms with Crippen molar-refractivity contribution in [1.29, 1.82) is 5.26 Å². The van der Waals surface area contributed by atoms with Crippen LogP contribution in [0.25, 0.3) is 0 Å². The van der Waals surface area contributed by atoms with Gasteiger partial charge in [0, 0.05) is 12.6 Å². The highest BCUT2D eigenvalue weighted by molar-refractivity contribution is 5.49. The number of hydrogen-bond donors (Lipinski definition) is 1. The Morgan fingerprint density at radius 1 is 1.33 bits per heavy atom. The molecule has 94 valence electrons. The summed E-state index contributed by atoms with van der Waals surface area (Å²) in [7, 11) is 0. The Bertz CT molecular complexity index is 486. The second kappa shape index (κ2) is 4.58. The van der Waals surface area contributed by atoms with E-state index in [0.717, 1.165) is 6.54 Å². The highest BCUT2D eigenvalue weighted by Gasteiger charge is 2.34. The van der Waals surface area contributed by atoms with Crippen LogP contribution in [0.3, 0.4) is 0 Å². The van der Waals surface area contributed by atoms with Crippen molar-refractivity contribution < 1.29 is 4.39 Å². The predicted octanol–water partition coefficient (Wildman–Crippen LogP) is 2.20. The van der Waals surface area contributed by atoms with Crippen LogP contribution in [0.1, 0.15) is 18.4 Å². The summed E-state index contributed by atoms with van der Waals surface area (Å²) in [5.41, 5.74) is 0.889. The van der Waals surface area contributed by atoms with E-state index in [0.29, 0.717) is 23.2 Å². The molecule has 1 aromatic rings. The van der Waals surface area contributed by atoms with Crippen molar-refractivity contribution in [2.75, 3.05) is 25.0 Å². The third kappa shape index (κ3) is 2.06. The van der Waals surface area contributed by atoms with Crippen LogP contribution in [0, 0.1) is 23.1 Å². The maximum atomic E-state index is 13.8. The first-order chi connectivity index (χ1) is 8.76. The van der Waals surface area contributed by atoms with Gasteiger partial charge < -0.3 is 10.2 Å². The molecule has 1 unspecified atom stereocenters. The molecule has 0 saturated carbocycles. The minimum Gasteiger partial charge on any atom is -0.378 e. The molecule has 3 saturated heterocycles. The van der Waals surface area contributed by atoms with Gasteiger partial charge in [-0.15, -0.1) is 0 Å². The fourth-order valence-electron chi connectivity index (χ4n) is 3.03. The van der Waals surface area contributed by atoms with Gasteiger partial charge in [0.2, 0.25) is 0 Å². The second-order valence-corrected chi connectivity index (χ2v) is 5.20. The van der Waals surface area contributed by atoms with Gasteiger partial charge in [-0.3, -0.25) is 0 Å². The lowest BCUT2D eigenvalue weighted by molar-refractivity contribution is 0.0974. The van der Waals surface area contributed by atoms with E-state index in [2.05, 4.69) is 10.2 Å². The summed E-state index contributed by atoms with van der Waals surface area (Å²) in [6.07, 6.45) is 2.41. The van der Waals surface area contributed by atoms with Crippen molar-refractivity contribution in [2.24, 2.45) is 5.92 Å². The number of fused-ring (bicyclic) bond motifs is 3. The molecule has 0 spiro atoms. The van der Waals surface area contributed by atoms with E-state index in [4.69, 9.17) is 5.26 Å². The minimum atomic E-state index is -0.328. The second-order valence-electron chi connectivity index (χ2n) is 5.20. The van der Waals surface area contributed by atoms with Crippen molar-refractivity contribution in [3.8, 4) is 6.07 Å². The monoisotopic (exact) mass is 245 g/mol. The van der Waals surface area contributed by atoms with E-state index in [1.54, 1.807) is 12.1 Å². The lowest BCUT2D eigenvalue weighted by Gasteiger charge is -2.45. The molecule has 3 aliphatic heterocycles. The molecule has 3 aliphatic rings. The average Bonchev–Trinajstić information content (AvgIpc) is 2.42. The summed E-state index contributed by atoms with van der Waals surface area (Å²) in [5, 5.41) is 12.0. The largest absolute Gasteiger partial charge is 0.378 e. The number of nitrogens with zero attached hydrogens (tertiary/aromatic N) is 2. The molecule has 3 nitrogen and oxygen atoms in total. The topological polar surface area (TPSA) is 39.1 Å². The van der Waals surface area contributed by atoms with E-state index in [9.17, 15) is 4.39 Å². The van der Waals surface area contributed by atoms with Crippen LogP contribution in [-0.2, 0) is 0 Å². The Morgan fingerprint density at radius 2 is 2.11 bits per heavy atom. The summed E-state index contributed by atoms with van der Waals surface area (Å²) in [5.74, 6) is 0.329. The molecule has 0 radical (unpaired) electrons. The molecule has 3 fully saturated rings. The number of anilines is 1. The molecule has 4 heteroatoms. The molecule has 0 amide bonds. The van der Waals surface area contributed by atoms with Crippen molar-refractivity contribution in [3.05, 3.63) is 29.6 Å². The lowest BCUT2D eigenvalue weighted by atomic mass is 9.84. The van der Waals surface area contributed by atoms with Gasteiger partial charge in [-0.1, -0.05) is 0 Å². The fourth-order valence-corrected chi connectivity index (χ4v) is 3.03. The van der Waals surface area contributed by atoms with Gasteiger partial charge in [-0.25, -0.2) is 4.39 Å². The average molecular weight is 245 g/mol. The number of nitriles is 1. The van der Waals surface area contributed by atoms with E-state index < -0.39 is 0 Å². The third-order valence-electron chi connectivity index (χ3n) is 4.10. The number of halogens is 1. The molecular weight excluding hydrogens is 229 g/mol. The van der Waals surface area contributed by atoms with Crippen molar-refractivity contribution in [2.45, 2.75) is 18.9 Å². The van der Waals surface area contributed by atoms with Gasteiger partial charge in [0.05, 0.1) is 17.3 Å². The standard InChI is InChI=1S/C14H16FN3/c15-12-7-10(8-16)1-2-13(12)17-14-9-18-5-3-11(14)4-6-18/h1-2,7,11,14,17H,3-6,9H2. The first-order valence-electron chi connectivity index (χ1n) is 6.45. The Kier molecular flexibility index (Phi) is 2.92. The van der Waals surface area contributed by atoms with Gasteiger partial charge in [-0.2, -0.15) is 5.26 Å². The summed E-state index contributed by atoms with van der Waals surface area (Å²) in [4.78, 5) is 2.43. The third-order valence-corrected chi connectivity index (χ3v) is 4.10. The predicted molar refractivity (Wildman–Crippen MR) is 67.7 cm³/mol. The van der Waals surface area contributed by atoms with E-state index >= 15 is 0 Å². The van der Waals surface area contributed by atoms with Crippen molar-refractivity contribution in [1.82, 2.24) is 4.90 Å². The van der Waals surface area contributed by atoms with E-state index in [1.807, 2.05) is 6.07 Å². The number of hydrogen-bond acceptors (Lipinski definition) is 3. The number of piperidine rings is 3. The Hall–Kier alpha value is -1.60. The van der Waals surface area contributed by atoms with Crippen LogP contribution < -0.4 is 5.32 Å². The maximum Gasteiger partial charge on any atom is 0.147 e. The number of rotatable bonds is 2. The molecule has 4 rings (SSSR count). The summed E-state index contributed by atoms with van der Waals surface area (Å²) in [6, 6.07) is 6.92. The maximum absolute atomic E-state index is 13.8. The van der Waals surface area contributed by atoms with Crippen LogP contribution in [0.2, 0.25) is 0 Å². The minimum absolute atomic E-state index is 0.328. The highest BCUT2D eigenvalue weighted by atomic mass is 19.1. The van der Waals surface area contributed by atoms with E-state index in [1.165, 1.54) is 32.0 Å². The fraction of sp³-hybridized carbons (Fsp3) is 0.500. The zero-order chi connectivity index (χ0) is 12.5. The lowest BCUT2D eigenvalue weighted by Crippen LogP contribution is -2.53. The van der Waals surface area contributed by atoms with Crippen molar-refractivity contribution in [3.63, 3.8) is 0 Å². The highest BCUT2D eigenvalue weighted by Crippen LogP contribution is 2.30. The molecular formula is C14H16FN3. The normalized spacial score (nSPS) is 29.9. The quantitative estimate of drug-likeness (QED) is 0.868. The molecule has 1 atom stereocenters. The van der Waals surface area contributed by atoms with Crippen LogP contribution >= 0.6 is 0 Å². The van der Waals surface area contributed by atoms with E-state index in [-0.39, 0.29) is 5.82 Å². The summed E-state index contributed by atoms with van der Waals surface area (Å²) >= 11 is 0. The van der Waals surface area contributed by atoms with Crippen LogP contribution in [0.5, 0.6) is 0 Å². The molecule has 1 N–H and O–H groups in total. The molecule has 1 aromatic carbocycles. The molecule has 2 bridgehead atoms. The molecule has 0 aromatic heterocycles. The zero-order valence-corrected chi connectivity index (χ0v) is 10.2. The summed E-state index contributed by atoms with van der Waals surface area (Å²) in [6.45, 7) is 3.36. The first kappa shape index (κ1) is 11.5. The number of benzene rings is 1. The van der Waals surface area contributed by atoms with Gasteiger partial charge >= 0.3 is 0 Å². The molecule has 0 aliphatic carbocycles. The molecule has 3 heterocycles. The smallest absolute Gasteiger partial charge is 0.147 e. The summed E-state index contributed by atoms with van der Waals surface area (Å²) < 4.78 is 13.8. The zero-order valence-electron chi connectivity index (χ0n) is 10.2. The van der Waals surface area contributed by atoms with Crippen LogP contribution in [0.15, 0.2) is 18.2 Å². The van der Waals surface area contributed by atoms with Crippen molar-refractivity contribution >= 4 is 5.69 Å². The van der Waals surface area contributed by atoms with Gasteiger partial charge in [0.1, 0.15) is 5.82 Å². The van der Waals surface area contributed by atoms with Crippen LogP contribution in [-0.4, -0.2) is 30.6 Å². The first-order valence-corrected chi connectivity index (χ1v) is 6.45. The van der Waals surface area contributed by atoms with Crippen LogP contribution in [0.4, 0.5) is 10.1 Å². The Labute approximate surface area is 106 Å². The Morgan fingerprint density at radius 3 is 2.67 bits per heavy atom. The number of nitrogens with one attached hydrogen (secondary N) is 1. The SMILES string of the molecule is N#Cc1ccc(NC2CN3CCC2CC3)c(F)c1. The van der Waals surface area contributed by atoms with Gasteiger partial charge in [-0.05, 0) is 50.0 Å². The molecule has 18 heavy (non-hydrogen) atoms. The Balaban J connectivity index is 1.75.